The summed E-state index contributed by atoms with van der Waals surface area (Å²) in [5, 5.41) is 5.87. The van der Waals surface area contributed by atoms with Gasteiger partial charge in [-0.05, 0) is 37.5 Å². The molecule has 1 aliphatic rings. The zero-order valence-corrected chi connectivity index (χ0v) is 14.4. The second-order valence-corrected chi connectivity index (χ2v) is 6.55. The minimum absolute atomic E-state index is 0.137. The zero-order chi connectivity index (χ0) is 17.6. The second kappa shape index (κ2) is 7.92. The molecule has 0 unspecified atom stereocenters. The van der Waals surface area contributed by atoms with Crippen LogP contribution in [0.2, 0.25) is 0 Å². The number of aromatic nitrogens is 1. The van der Waals surface area contributed by atoms with Crippen molar-refractivity contribution in [3.63, 3.8) is 0 Å². The predicted octanol–water partition coefficient (Wildman–Crippen LogP) is 2.99. The highest BCUT2D eigenvalue weighted by molar-refractivity contribution is 5.98. The molecule has 3 rings (SSSR count). The van der Waals surface area contributed by atoms with Crippen LogP contribution in [-0.2, 0) is 6.54 Å². The summed E-state index contributed by atoms with van der Waals surface area (Å²) in [6.07, 6.45) is 5.88. The lowest BCUT2D eigenvalue weighted by Crippen LogP contribution is -2.33. The van der Waals surface area contributed by atoms with Crippen molar-refractivity contribution in [1.29, 1.82) is 0 Å². The number of nitrogens with zero attached hydrogens (tertiary/aromatic N) is 1. The fraction of sp³-hybridized carbons (Fsp3) is 0.350. The van der Waals surface area contributed by atoms with Crippen molar-refractivity contribution in [2.24, 2.45) is 0 Å². The first-order chi connectivity index (χ1) is 12.1. The molecule has 0 spiro atoms. The molecule has 0 bridgehead atoms. The smallest absolute Gasteiger partial charge is 0.270 e. The van der Waals surface area contributed by atoms with Crippen molar-refractivity contribution in [2.75, 3.05) is 0 Å². The molecule has 1 aliphatic carbocycles. The molecule has 0 saturated heterocycles. The van der Waals surface area contributed by atoms with Gasteiger partial charge in [0.25, 0.3) is 11.8 Å². The minimum atomic E-state index is -0.281. The molecular formula is C20H23N3O2. The number of nitrogens with one attached hydrogen (secondary N) is 2. The number of carbonyl (C=O) groups excluding carboxylic acids is 2. The highest BCUT2D eigenvalue weighted by Crippen LogP contribution is 2.18. The molecule has 1 aromatic carbocycles. The molecule has 2 N–H and O–H groups in total. The number of rotatable bonds is 5. The van der Waals surface area contributed by atoms with E-state index in [2.05, 4.69) is 15.6 Å². The van der Waals surface area contributed by atoms with Gasteiger partial charge in [-0.25, -0.2) is 0 Å². The SMILES string of the molecule is Cc1ccc(CNC(=O)c2cc(C(=O)NC3CCCC3)ccn2)cc1. The number of aryl methyl sites for hydroxylation is 1. The molecule has 130 valence electrons. The third-order valence-corrected chi connectivity index (χ3v) is 4.52. The average Bonchev–Trinajstić information content (AvgIpc) is 3.14. The van der Waals surface area contributed by atoms with Gasteiger partial charge in [-0.3, -0.25) is 14.6 Å². The van der Waals surface area contributed by atoms with E-state index in [0.29, 0.717) is 12.1 Å². The summed E-state index contributed by atoms with van der Waals surface area (Å²) in [6.45, 7) is 2.45. The lowest BCUT2D eigenvalue weighted by Gasteiger charge is -2.12. The number of carbonyl (C=O) groups is 2. The first kappa shape index (κ1) is 17.1. The Hall–Kier alpha value is -2.69. The fourth-order valence-electron chi connectivity index (χ4n) is 3.01. The number of hydrogen-bond donors (Lipinski definition) is 2. The maximum atomic E-state index is 12.3. The van der Waals surface area contributed by atoms with Gasteiger partial charge in [-0.2, -0.15) is 0 Å². The van der Waals surface area contributed by atoms with Crippen LogP contribution >= 0.6 is 0 Å². The normalized spacial score (nSPS) is 14.3. The lowest BCUT2D eigenvalue weighted by atomic mass is 10.1. The van der Waals surface area contributed by atoms with Gasteiger partial charge in [-0.15, -0.1) is 0 Å². The van der Waals surface area contributed by atoms with Gasteiger partial charge in [0.15, 0.2) is 0 Å². The molecule has 1 fully saturated rings. The van der Waals surface area contributed by atoms with Crippen LogP contribution in [0.25, 0.3) is 0 Å². The molecule has 25 heavy (non-hydrogen) atoms. The Balaban J connectivity index is 1.60. The van der Waals surface area contributed by atoms with Gasteiger partial charge in [0.05, 0.1) is 0 Å². The fourth-order valence-corrected chi connectivity index (χ4v) is 3.01. The Morgan fingerprint density at radius 1 is 1.08 bits per heavy atom. The monoisotopic (exact) mass is 337 g/mol. The molecule has 1 aromatic heterocycles. The Morgan fingerprint density at radius 3 is 2.52 bits per heavy atom. The van der Waals surface area contributed by atoms with Crippen LogP contribution in [0.4, 0.5) is 0 Å². The standard InChI is InChI=1S/C20H23N3O2/c1-14-6-8-15(9-7-14)13-22-20(25)18-12-16(10-11-21-18)19(24)23-17-4-2-3-5-17/h6-12,17H,2-5,13H2,1H3,(H,22,25)(H,23,24). The topological polar surface area (TPSA) is 71.1 Å². The molecule has 5 nitrogen and oxygen atoms in total. The summed E-state index contributed by atoms with van der Waals surface area (Å²) >= 11 is 0. The van der Waals surface area contributed by atoms with E-state index < -0.39 is 0 Å². The molecule has 5 heteroatoms. The van der Waals surface area contributed by atoms with E-state index in [1.165, 1.54) is 11.8 Å². The van der Waals surface area contributed by atoms with Gasteiger partial charge in [0, 0.05) is 24.3 Å². The van der Waals surface area contributed by atoms with Crippen LogP contribution in [0.15, 0.2) is 42.6 Å². The Morgan fingerprint density at radius 2 is 1.80 bits per heavy atom. The van der Waals surface area contributed by atoms with Crippen LogP contribution in [0, 0.1) is 6.92 Å². The van der Waals surface area contributed by atoms with Gasteiger partial charge in [-0.1, -0.05) is 42.7 Å². The third-order valence-electron chi connectivity index (χ3n) is 4.52. The van der Waals surface area contributed by atoms with Crippen molar-refractivity contribution < 1.29 is 9.59 Å². The quantitative estimate of drug-likeness (QED) is 0.881. The highest BCUT2D eigenvalue weighted by atomic mass is 16.2. The van der Waals surface area contributed by atoms with Gasteiger partial charge in [0.1, 0.15) is 5.69 Å². The Bertz CT molecular complexity index is 750. The Kier molecular flexibility index (Phi) is 5.43. The van der Waals surface area contributed by atoms with E-state index in [0.717, 1.165) is 31.2 Å². The third kappa shape index (κ3) is 4.66. The minimum Gasteiger partial charge on any atom is -0.349 e. The van der Waals surface area contributed by atoms with E-state index in [4.69, 9.17) is 0 Å². The van der Waals surface area contributed by atoms with E-state index in [-0.39, 0.29) is 23.6 Å². The maximum absolute atomic E-state index is 12.3. The van der Waals surface area contributed by atoms with E-state index in [9.17, 15) is 9.59 Å². The number of benzene rings is 1. The van der Waals surface area contributed by atoms with Crippen LogP contribution in [0.5, 0.6) is 0 Å². The molecule has 0 aliphatic heterocycles. The molecule has 2 aromatic rings. The van der Waals surface area contributed by atoms with Crippen LogP contribution in [0.1, 0.15) is 57.7 Å². The van der Waals surface area contributed by atoms with Gasteiger partial charge < -0.3 is 10.6 Å². The second-order valence-electron chi connectivity index (χ2n) is 6.55. The summed E-state index contributed by atoms with van der Waals surface area (Å²) in [7, 11) is 0. The predicted molar refractivity (Wildman–Crippen MR) is 96.3 cm³/mol. The van der Waals surface area contributed by atoms with E-state index in [1.807, 2.05) is 31.2 Å². The van der Waals surface area contributed by atoms with Gasteiger partial charge in [0.2, 0.25) is 0 Å². The molecule has 1 saturated carbocycles. The number of amides is 2. The summed E-state index contributed by atoms with van der Waals surface area (Å²) in [4.78, 5) is 28.7. The molecule has 2 amide bonds. The summed E-state index contributed by atoms with van der Waals surface area (Å²) in [6, 6.07) is 11.4. The first-order valence-corrected chi connectivity index (χ1v) is 8.72. The molecule has 0 radical (unpaired) electrons. The number of hydrogen-bond acceptors (Lipinski definition) is 3. The molecule has 1 heterocycles. The van der Waals surface area contributed by atoms with Crippen molar-refractivity contribution in [3.8, 4) is 0 Å². The lowest BCUT2D eigenvalue weighted by molar-refractivity contribution is 0.0937. The zero-order valence-electron chi connectivity index (χ0n) is 14.4. The van der Waals surface area contributed by atoms with E-state index in [1.54, 1.807) is 12.1 Å². The Labute approximate surface area is 147 Å². The summed E-state index contributed by atoms with van der Waals surface area (Å²) in [5.74, 6) is -0.419. The average molecular weight is 337 g/mol. The van der Waals surface area contributed by atoms with Crippen LogP contribution in [-0.4, -0.2) is 22.8 Å². The molecular weight excluding hydrogens is 314 g/mol. The van der Waals surface area contributed by atoms with Crippen molar-refractivity contribution in [3.05, 3.63) is 65.0 Å². The van der Waals surface area contributed by atoms with Crippen molar-refractivity contribution in [1.82, 2.24) is 15.6 Å². The number of pyridine rings is 1. The summed E-state index contributed by atoms with van der Waals surface area (Å²) < 4.78 is 0. The van der Waals surface area contributed by atoms with Crippen molar-refractivity contribution in [2.45, 2.75) is 45.2 Å². The highest BCUT2D eigenvalue weighted by Gasteiger charge is 2.19. The maximum Gasteiger partial charge on any atom is 0.270 e. The van der Waals surface area contributed by atoms with Crippen LogP contribution in [0.3, 0.4) is 0 Å². The van der Waals surface area contributed by atoms with Crippen molar-refractivity contribution >= 4 is 11.8 Å². The van der Waals surface area contributed by atoms with Gasteiger partial charge >= 0.3 is 0 Å². The van der Waals surface area contributed by atoms with Crippen LogP contribution < -0.4 is 10.6 Å². The first-order valence-electron chi connectivity index (χ1n) is 8.72. The van der Waals surface area contributed by atoms with E-state index >= 15 is 0 Å². The summed E-state index contributed by atoms with van der Waals surface area (Å²) in [5.41, 5.74) is 2.93. The largest absolute Gasteiger partial charge is 0.349 e. The molecule has 0 atom stereocenters.